The van der Waals surface area contributed by atoms with Gasteiger partial charge in [-0.25, -0.2) is 17.2 Å². The fourth-order valence-corrected chi connectivity index (χ4v) is 5.39. The maximum absolute atomic E-state index is 13.2. The van der Waals surface area contributed by atoms with Crippen LogP contribution in [0.2, 0.25) is 0 Å². The van der Waals surface area contributed by atoms with Gasteiger partial charge in [-0.3, -0.25) is 0 Å². The van der Waals surface area contributed by atoms with Crippen molar-refractivity contribution in [2.45, 2.75) is 17.6 Å². The van der Waals surface area contributed by atoms with Crippen molar-refractivity contribution in [3.05, 3.63) is 103 Å². The summed E-state index contributed by atoms with van der Waals surface area (Å²) in [7, 11) is -3.71. The first-order valence-electron chi connectivity index (χ1n) is 11.0. The molecule has 190 valence electrons. The number of nitrogens with two attached hydrogens (primary N) is 1. The molecule has 1 aromatic heterocycles. The predicted molar refractivity (Wildman–Crippen MR) is 135 cm³/mol. The Morgan fingerprint density at radius 3 is 2.14 bits per heavy atom. The zero-order valence-electron chi connectivity index (χ0n) is 19.2. The number of carboxylic acid groups (broad SMARTS) is 1. The molecule has 6 nitrogen and oxygen atoms in total. The summed E-state index contributed by atoms with van der Waals surface area (Å²) in [6.45, 7) is 0.257. The molecule has 0 aliphatic rings. The van der Waals surface area contributed by atoms with Crippen LogP contribution in [0, 0.1) is 0 Å². The van der Waals surface area contributed by atoms with Gasteiger partial charge >= 0.3 is 12.1 Å². The van der Waals surface area contributed by atoms with Crippen LogP contribution in [0.5, 0.6) is 0 Å². The lowest BCUT2D eigenvalue weighted by Gasteiger charge is -2.09. The Hall–Kier alpha value is -4.15. The summed E-state index contributed by atoms with van der Waals surface area (Å²) >= 11 is 0. The van der Waals surface area contributed by atoms with E-state index in [4.69, 9.17) is 15.6 Å². The highest BCUT2D eigenvalue weighted by Crippen LogP contribution is 2.33. The Balaban J connectivity index is 0.000000405. The molecule has 0 amide bonds. The molecule has 0 aliphatic heterocycles. The van der Waals surface area contributed by atoms with Crippen LogP contribution in [0.4, 0.5) is 13.2 Å². The lowest BCUT2D eigenvalue weighted by Crippen LogP contribution is -2.21. The second-order valence-corrected chi connectivity index (χ2v) is 9.85. The SMILES string of the molecule is NCc1cn(S(=O)(=O)c2ccccc2)c2ccc(-c3cccc4ccccc34)cc12.O=C(O)C(F)(F)F. The molecule has 10 heteroatoms. The molecule has 0 atom stereocenters. The van der Waals surface area contributed by atoms with Gasteiger partial charge < -0.3 is 10.8 Å². The van der Waals surface area contributed by atoms with Crippen LogP contribution >= 0.6 is 0 Å². The Labute approximate surface area is 210 Å². The molecule has 3 N–H and O–H groups in total. The van der Waals surface area contributed by atoms with Crippen molar-refractivity contribution in [2.24, 2.45) is 5.73 Å². The van der Waals surface area contributed by atoms with Gasteiger partial charge in [0.25, 0.3) is 10.0 Å². The molecule has 0 bridgehead atoms. The number of carboxylic acids is 1. The minimum atomic E-state index is -5.08. The van der Waals surface area contributed by atoms with E-state index in [0.29, 0.717) is 5.52 Å². The first-order chi connectivity index (χ1) is 17.5. The minimum Gasteiger partial charge on any atom is -0.475 e. The summed E-state index contributed by atoms with van der Waals surface area (Å²) in [4.78, 5) is 9.15. The summed E-state index contributed by atoms with van der Waals surface area (Å²) in [5.74, 6) is -2.76. The van der Waals surface area contributed by atoms with Crippen LogP contribution in [-0.2, 0) is 21.4 Å². The second kappa shape index (κ2) is 10.1. The van der Waals surface area contributed by atoms with E-state index in [9.17, 15) is 21.6 Å². The number of fused-ring (bicyclic) bond motifs is 2. The van der Waals surface area contributed by atoms with Crippen molar-refractivity contribution in [3.8, 4) is 11.1 Å². The first-order valence-corrected chi connectivity index (χ1v) is 12.4. The van der Waals surface area contributed by atoms with Gasteiger partial charge in [0.1, 0.15) is 0 Å². The third-order valence-corrected chi connectivity index (χ3v) is 7.40. The van der Waals surface area contributed by atoms with Crippen molar-refractivity contribution in [3.63, 3.8) is 0 Å². The zero-order chi connectivity index (χ0) is 26.8. The zero-order valence-corrected chi connectivity index (χ0v) is 20.0. The van der Waals surface area contributed by atoms with Crippen LogP contribution < -0.4 is 5.73 Å². The van der Waals surface area contributed by atoms with Gasteiger partial charge in [0.2, 0.25) is 0 Å². The number of carbonyl (C=O) groups is 1. The fraction of sp³-hybridized carbons (Fsp3) is 0.0741. The second-order valence-electron chi connectivity index (χ2n) is 8.03. The number of aromatic nitrogens is 1. The van der Waals surface area contributed by atoms with E-state index < -0.39 is 22.2 Å². The van der Waals surface area contributed by atoms with Gasteiger partial charge in [-0.1, -0.05) is 66.7 Å². The number of nitrogens with zero attached hydrogens (tertiary/aromatic N) is 1. The summed E-state index contributed by atoms with van der Waals surface area (Å²) in [6.07, 6.45) is -3.44. The molecular formula is C27H21F3N2O4S. The van der Waals surface area contributed by atoms with Crippen molar-refractivity contribution in [1.29, 1.82) is 0 Å². The molecule has 5 rings (SSSR count). The molecule has 0 spiro atoms. The van der Waals surface area contributed by atoms with Crippen molar-refractivity contribution in [2.75, 3.05) is 0 Å². The molecule has 1 heterocycles. The molecule has 4 aromatic carbocycles. The largest absolute Gasteiger partial charge is 0.490 e. The third-order valence-electron chi connectivity index (χ3n) is 5.72. The predicted octanol–water partition coefficient (Wildman–Crippen LogP) is 5.79. The van der Waals surface area contributed by atoms with Gasteiger partial charge in [0.15, 0.2) is 0 Å². The quantitative estimate of drug-likeness (QED) is 0.309. The molecule has 0 fully saturated rings. The molecule has 0 saturated carbocycles. The average Bonchev–Trinajstić information content (AvgIpc) is 3.27. The van der Waals surface area contributed by atoms with Gasteiger partial charge in [0, 0.05) is 18.1 Å². The maximum Gasteiger partial charge on any atom is 0.490 e. The molecule has 0 radical (unpaired) electrons. The highest BCUT2D eigenvalue weighted by molar-refractivity contribution is 7.90. The number of aliphatic carboxylic acids is 1. The van der Waals surface area contributed by atoms with E-state index in [2.05, 4.69) is 24.3 Å². The standard InChI is InChI=1S/C25H20N2O2S.C2HF3O2/c26-16-20-17-27(30(28,29)21-9-2-1-3-10-21)25-14-13-19(15-24(20)25)23-12-6-8-18-7-4-5-11-22(18)23;3-2(4,5)1(6)7/h1-15,17H,16,26H2;(H,6,7). The van der Waals surface area contributed by atoms with Gasteiger partial charge in [-0.2, -0.15) is 13.2 Å². The van der Waals surface area contributed by atoms with Crippen molar-refractivity contribution < 1.29 is 31.5 Å². The Morgan fingerprint density at radius 2 is 1.49 bits per heavy atom. The monoisotopic (exact) mass is 526 g/mol. The van der Waals surface area contributed by atoms with Gasteiger partial charge in [0.05, 0.1) is 10.4 Å². The number of benzene rings is 4. The number of hydrogen-bond donors (Lipinski definition) is 2. The third kappa shape index (κ3) is 5.20. The fourth-order valence-electron chi connectivity index (χ4n) is 3.98. The van der Waals surface area contributed by atoms with Crippen LogP contribution in [0.3, 0.4) is 0 Å². The Bertz CT molecular complexity index is 1690. The molecular weight excluding hydrogens is 505 g/mol. The number of hydrogen-bond acceptors (Lipinski definition) is 4. The number of alkyl halides is 3. The molecule has 37 heavy (non-hydrogen) atoms. The smallest absolute Gasteiger partial charge is 0.475 e. The van der Waals surface area contributed by atoms with E-state index in [0.717, 1.165) is 27.5 Å². The van der Waals surface area contributed by atoms with Crippen LogP contribution in [-0.4, -0.2) is 29.6 Å². The summed E-state index contributed by atoms with van der Waals surface area (Å²) in [6, 6.07) is 28.8. The van der Waals surface area contributed by atoms with Crippen molar-refractivity contribution >= 4 is 37.7 Å². The van der Waals surface area contributed by atoms with Crippen LogP contribution in [0.25, 0.3) is 32.8 Å². The minimum absolute atomic E-state index is 0.253. The van der Waals surface area contributed by atoms with E-state index in [1.165, 1.54) is 9.36 Å². The van der Waals surface area contributed by atoms with E-state index >= 15 is 0 Å². The normalized spacial score (nSPS) is 11.8. The van der Waals surface area contributed by atoms with Crippen LogP contribution in [0.15, 0.2) is 102 Å². The maximum atomic E-state index is 13.2. The Morgan fingerprint density at radius 1 is 0.865 bits per heavy atom. The number of halogens is 3. The van der Waals surface area contributed by atoms with Crippen LogP contribution in [0.1, 0.15) is 5.56 Å². The molecule has 0 unspecified atom stereocenters. The average molecular weight is 527 g/mol. The highest BCUT2D eigenvalue weighted by atomic mass is 32.2. The summed E-state index contributed by atoms with van der Waals surface area (Å²) < 4.78 is 59.5. The van der Waals surface area contributed by atoms with E-state index in [1.54, 1.807) is 36.5 Å². The lowest BCUT2D eigenvalue weighted by atomic mass is 9.97. The van der Waals surface area contributed by atoms with Crippen molar-refractivity contribution in [1.82, 2.24) is 3.97 Å². The summed E-state index contributed by atoms with van der Waals surface area (Å²) in [5.41, 5.74) is 9.55. The summed E-state index contributed by atoms with van der Waals surface area (Å²) in [5, 5.41) is 10.3. The van der Waals surface area contributed by atoms with E-state index in [-0.39, 0.29) is 11.4 Å². The number of rotatable bonds is 4. The van der Waals surface area contributed by atoms with Gasteiger partial charge in [-0.15, -0.1) is 0 Å². The lowest BCUT2D eigenvalue weighted by molar-refractivity contribution is -0.192. The first kappa shape index (κ1) is 25.9. The topological polar surface area (TPSA) is 102 Å². The molecule has 5 aromatic rings. The molecule has 0 saturated heterocycles. The van der Waals surface area contributed by atoms with E-state index in [1.807, 2.05) is 36.4 Å². The molecule has 0 aliphatic carbocycles. The van der Waals surface area contributed by atoms with Gasteiger partial charge in [-0.05, 0) is 51.7 Å². The highest BCUT2D eigenvalue weighted by Gasteiger charge is 2.38. The Kier molecular flexibility index (Phi) is 7.06.